The molecule has 1 aromatic carbocycles. The molecule has 5 heteroatoms. The molecular formula is C15H18N2O2S. The Labute approximate surface area is 123 Å². The molecule has 4 nitrogen and oxygen atoms in total. The van der Waals surface area contributed by atoms with Gasteiger partial charge in [0.15, 0.2) is 6.61 Å². The van der Waals surface area contributed by atoms with Crippen molar-refractivity contribution in [1.29, 1.82) is 0 Å². The SMILES string of the molecule is C/C(=N/OCC(=O)Nc1ccccc1)C1=CC[C@H](C)S1. The van der Waals surface area contributed by atoms with Gasteiger partial charge in [0.25, 0.3) is 5.91 Å². The number of para-hydroxylation sites is 1. The number of hydrogen-bond acceptors (Lipinski definition) is 4. The van der Waals surface area contributed by atoms with Crippen LogP contribution >= 0.6 is 11.8 Å². The number of benzene rings is 1. The van der Waals surface area contributed by atoms with Crippen molar-refractivity contribution in [3.05, 3.63) is 41.3 Å². The van der Waals surface area contributed by atoms with Crippen LogP contribution in [0.2, 0.25) is 0 Å². The molecule has 20 heavy (non-hydrogen) atoms. The molecule has 0 saturated carbocycles. The lowest BCUT2D eigenvalue weighted by Gasteiger charge is -2.05. The number of anilines is 1. The highest BCUT2D eigenvalue weighted by Crippen LogP contribution is 2.32. The van der Waals surface area contributed by atoms with Gasteiger partial charge in [-0.2, -0.15) is 0 Å². The van der Waals surface area contributed by atoms with Gasteiger partial charge in [-0.25, -0.2) is 0 Å². The quantitative estimate of drug-likeness (QED) is 0.667. The fourth-order valence-corrected chi connectivity index (χ4v) is 2.80. The molecule has 2 rings (SSSR count). The third kappa shape index (κ3) is 4.42. The number of amides is 1. The lowest BCUT2D eigenvalue weighted by Crippen LogP contribution is -2.17. The first kappa shape index (κ1) is 14.7. The summed E-state index contributed by atoms with van der Waals surface area (Å²) in [6.07, 6.45) is 3.21. The number of hydrogen-bond donors (Lipinski definition) is 1. The number of thioether (sulfide) groups is 1. The standard InChI is InChI=1S/C15H18N2O2S/c1-11-8-9-14(20-11)12(2)17-19-10-15(18)16-13-6-4-3-5-7-13/h3-7,9,11H,8,10H2,1-2H3,(H,16,18)/b17-12-/t11-/m0/s1. The number of rotatable bonds is 5. The van der Waals surface area contributed by atoms with Crippen LogP contribution in [-0.2, 0) is 9.63 Å². The second kappa shape index (κ2) is 7.14. The van der Waals surface area contributed by atoms with Gasteiger partial charge < -0.3 is 10.2 Å². The Kier molecular flexibility index (Phi) is 5.24. The predicted molar refractivity (Wildman–Crippen MR) is 83.9 cm³/mol. The maximum Gasteiger partial charge on any atom is 0.265 e. The Hall–Kier alpha value is -1.75. The average Bonchev–Trinajstić information content (AvgIpc) is 2.86. The summed E-state index contributed by atoms with van der Waals surface area (Å²) in [5, 5.41) is 7.32. The molecule has 1 aromatic rings. The Morgan fingerprint density at radius 1 is 1.45 bits per heavy atom. The molecule has 106 valence electrons. The first-order valence-corrected chi connectivity index (χ1v) is 7.42. The summed E-state index contributed by atoms with van der Waals surface area (Å²) in [5.74, 6) is -0.214. The van der Waals surface area contributed by atoms with E-state index in [0.29, 0.717) is 5.25 Å². The van der Waals surface area contributed by atoms with Gasteiger partial charge in [0.2, 0.25) is 0 Å². The number of allylic oxidation sites excluding steroid dienone is 2. The van der Waals surface area contributed by atoms with Gasteiger partial charge in [0, 0.05) is 15.8 Å². The zero-order valence-electron chi connectivity index (χ0n) is 11.6. The number of carbonyl (C=O) groups excluding carboxylic acids is 1. The molecule has 1 aliphatic heterocycles. The summed E-state index contributed by atoms with van der Waals surface area (Å²) >= 11 is 1.78. The van der Waals surface area contributed by atoms with Crippen LogP contribution in [0, 0.1) is 0 Å². The van der Waals surface area contributed by atoms with Crippen molar-refractivity contribution in [2.75, 3.05) is 11.9 Å². The Bertz CT molecular complexity index is 526. The van der Waals surface area contributed by atoms with Crippen LogP contribution in [-0.4, -0.2) is 23.5 Å². The van der Waals surface area contributed by atoms with Crippen molar-refractivity contribution in [3.8, 4) is 0 Å². The van der Waals surface area contributed by atoms with Crippen LogP contribution in [0.25, 0.3) is 0 Å². The van der Waals surface area contributed by atoms with Crippen LogP contribution < -0.4 is 5.32 Å². The number of nitrogens with zero attached hydrogens (tertiary/aromatic N) is 1. The molecule has 0 unspecified atom stereocenters. The van der Waals surface area contributed by atoms with Crippen LogP contribution in [0.15, 0.2) is 46.5 Å². The zero-order valence-corrected chi connectivity index (χ0v) is 12.4. The van der Waals surface area contributed by atoms with Gasteiger partial charge in [0.05, 0.1) is 5.71 Å². The minimum atomic E-state index is -0.214. The van der Waals surface area contributed by atoms with Crippen LogP contribution in [0.3, 0.4) is 0 Å². The summed E-state index contributed by atoms with van der Waals surface area (Å²) in [4.78, 5) is 17.9. The van der Waals surface area contributed by atoms with E-state index in [1.807, 2.05) is 37.3 Å². The molecule has 0 saturated heterocycles. The van der Waals surface area contributed by atoms with Crippen molar-refractivity contribution in [2.45, 2.75) is 25.5 Å². The van der Waals surface area contributed by atoms with Gasteiger partial charge >= 0.3 is 0 Å². The van der Waals surface area contributed by atoms with E-state index in [1.54, 1.807) is 11.8 Å². The first-order valence-electron chi connectivity index (χ1n) is 6.54. The van der Waals surface area contributed by atoms with Gasteiger partial charge in [-0.3, -0.25) is 4.79 Å². The third-order valence-corrected chi connectivity index (χ3v) is 4.09. The summed E-state index contributed by atoms with van der Waals surface area (Å²) in [5.41, 5.74) is 1.58. The fraction of sp³-hybridized carbons (Fsp3) is 0.333. The lowest BCUT2D eigenvalue weighted by molar-refractivity contribution is -0.120. The topological polar surface area (TPSA) is 50.7 Å². The molecule has 0 bridgehead atoms. The van der Waals surface area contributed by atoms with E-state index < -0.39 is 0 Å². The third-order valence-electron chi connectivity index (χ3n) is 2.77. The first-order chi connectivity index (χ1) is 9.65. The number of oxime groups is 1. The molecule has 1 heterocycles. The van der Waals surface area contributed by atoms with E-state index in [-0.39, 0.29) is 12.5 Å². The number of nitrogens with one attached hydrogen (secondary N) is 1. The second-order valence-corrected chi connectivity index (χ2v) is 6.08. The maximum atomic E-state index is 11.6. The fourth-order valence-electron chi connectivity index (χ4n) is 1.77. The highest BCUT2D eigenvalue weighted by molar-refractivity contribution is 8.04. The van der Waals surface area contributed by atoms with Crippen LogP contribution in [0.5, 0.6) is 0 Å². The molecule has 1 amide bonds. The van der Waals surface area contributed by atoms with Crippen molar-refractivity contribution in [3.63, 3.8) is 0 Å². The van der Waals surface area contributed by atoms with Gasteiger partial charge in [-0.15, -0.1) is 11.8 Å². The summed E-state index contributed by atoms with van der Waals surface area (Å²) in [6.45, 7) is 3.99. The van der Waals surface area contributed by atoms with Crippen LogP contribution in [0.1, 0.15) is 20.3 Å². The van der Waals surface area contributed by atoms with E-state index in [0.717, 1.165) is 22.7 Å². The minimum absolute atomic E-state index is 0.0836. The molecule has 0 aromatic heterocycles. The van der Waals surface area contributed by atoms with Gasteiger partial charge in [0.1, 0.15) is 0 Å². The summed E-state index contributed by atoms with van der Waals surface area (Å²) < 4.78 is 0. The highest BCUT2D eigenvalue weighted by atomic mass is 32.2. The molecular weight excluding hydrogens is 272 g/mol. The molecule has 0 radical (unpaired) electrons. The highest BCUT2D eigenvalue weighted by Gasteiger charge is 2.15. The smallest absolute Gasteiger partial charge is 0.265 e. The Balaban J connectivity index is 1.76. The normalized spacial score (nSPS) is 18.6. The molecule has 0 spiro atoms. The maximum absolute atomic E-state index is 11.6. The Morgan fingerprint density at radius 3 is 2.85 bits per heavy atom. The largest absolute Gasteiger partial charge is 0.385 e. The van der Waals surface area contributed by atoms with E-state index >= 15 is 0 Å². The predicted octanol–water partition coefficient (Wildman–Crippen LogP) is 3.43. The van der Waals surface area contributed by atoms with Crippen molar-refractivity contribution in [2.24, 2.45) is 5.16 Å². The molecule has 1 atom stereocenters. The lowest BCUT2D eigenvalue weighted by atomic mass is 10.3. The Morgan fingerprint density at radius 2 is 2.20 bits per heavy atom. The molecule has 0 fully saturated rings. The van der Waals surface area contributed by atoms with E-state index in [9.17, 15) is 4.79 Å². The number of carbonyl (C=O) groups is 1. The monoisotopic (exact) mass is 290 g/mol. The molecule has 0 aliphatic carbocycles. The van der Waals surface area contributed by atoms with E-state index in [4.69, 9.17) is 4.84 Å². The zero-order chi connectivity index (χ0) is 14.4. The van der Waals surface area contributed by atoms with E-state index in [1.165, 1.54) is 0 Å². The minimum Gasteiger partial charge on any atom is -0.385 e. The van der Waals surface area contributed by atoms with E-state index in [2.05, 4.69) is 23.5 Å². The van der Waals surface area contributed by atoms with Gasteiger partial charge in [-0.05, 0) is 25.5 Å². The average molecular weight is 290 g/mol. The van der Waals surface area contributed by atoms with Crippen molar-refractivity contribution < 1.29 is 9.63 Å². The summed E-state index contributed by atoms with van der Waals surface area (Å²) in [6, 6.07) is 9.28. The van der Waals surface area contributed by atoms with Crippen molar-refractivity contribution in [1.82, 2.24) is 0 Å². The van der Waals surface area contributed by atoms with Gasteiger partial charge in [-0.1, -0.05) is 36.4 Å². The van der Waals surface area contributed by atoms with Crippen LogP contribution in [0.4, 0.5) is 5.69 Å². The summed E-state index contributed by atoms with van der Waals surface area (Å²) in [7, 11) is 0. The molecule has 1 N–H and O–H groups in total. The second-order valence-electron chi connectivity index (χ2n) is 4.60. The molecule has 1 aliphatic rings. The van der Waals surface area contributed by atoms with Crippen molar-refractivity contribution >= 4 is 29.1 Å².